The van der Waals surface area contributed by atoms with E-state index in [4.69, 9.17) is 23.2 Å². The Hall–Kier alpha value is -1.78. The average Bonchev–Trinajstić information content (AvgIpc) is 2.97. The van der Waals surface area contributed by atoms with Crippen molar-refractivity contribution in [1.29, 1.82) is 5.26 Å². The first-order chi connectivity index (χ1) is 12.3. The van der Waals surface area contributed by atoms with Crippen molar-refractivity contribution in [2.24, 2.45) is 0 Å². The predicted octanol–water partition coefficient (Wildman–Crippen LogP) is 5.72. The summed E-state index contributed by atoms with van der Waals surface area (Å²) in [4.78, 5) is 2.73. The SMILES string of the molecule is N#CC(=Cc1c[nH]c2ccc(Br)cc12)S(=O)(=O)Cc1ccc(Cl)cc1Cl. The van der Waals surface area contributed by atoms with Gasteiger partial charge in [-0.25, -0.2) is 8.42 Å². The van der Waals surface area contributed by atoms with Gasteiger partial charge in [0, 0.05) is 37.2 Å². The van der Waals surface area contributed by atoms with Crippen molar-refractivity contribution in [3.8, 4) is 6.07 Å². The van der Waals surface area contributed by atoms with Gasteiger partial charge in [-0.15, -0.1) is 0 Å². The van der Waals surface area contributed by atoms with Crippen LogP contribution in [0.15, 0.2) is 52.0 Å². The maximum atomic E-state index is 12.7. The summed E-state index contributed by atoms with van der Waals surface area (Å²) in [6.07, 6.45) is 3.03. The summed E-state index contributed by atoms with van der Waals surface area (Å²) in [6, 6.07) is 12.0. The average molecular weight is 470 g/mol. The monoisotopic (exact) mass is 468 g/mol. The van der Waals surface area contributed by atoms with Crippen molar-refractivity contribution in [1.82, 2.24) is 4.98 Å². The van der Waals surface area contributed by atoms with Gasteiger partial charge in [0.1, 0.15) is 11.0 Å². The van der Waals surface area contributed by atoms with Crippen molar-refractivity contribution in [3.05, 3.63) is 73.1 Å². The van der Waals surface area contributed by atoms with E-state index in [-0.39, 0.29) is 15.7 Å². The summed E-state index contributed by atoms with van der Waals surface area (Å²) in [5.41, 5.74) is 1.84. The van der Waals surface area contributed by atoms with E-state index in [9.17, 15) is 13.7 Å². The fraction of sp³-hybridized carbons (Fsp3) is 0.0556. The standard InChI is InChI=1S/C18H11BrCl2N2O2S/c19-13-2-4-18-16(6-13)12(9-23-18)5-15(8-22)26(24,25)10-11-1-3-14(20)7-17(11)21/h1-7,9,23H,10H2. The molecule has 8 heteroatoms. The maximum absolute atomic E-state index is 12.7. The zero-order valence-corrected chi connectivity index (χ0v) is 17.0. The van der Waals surface area contributed by atoms with Crippen LogP contribution in [0.1, 0.15) is 11.1 Å². The molecule has 0 radical (unpaired) electrons. The number of nitrogens with one attached hydrogen (secondary N) is 1. The fourth-order valence-electron chi connectivity index (χ4n) is 2.49. The highest BCUT2D eigenvalue weighted by Gasteiger charge is 2.21. The molecule has 0 saturated carbocycles. The molecule has 0 aliphatic rings. The van der Waals surface area contributed by atoms with Crippen LogP contribution < -0.4 is 0 Å². The van der Waals surface area contributed by atoms with Gasteiger partial charge >= 0.3 is 0 Å². The van der Waals surface area contributed by atoms with Crippen LogP contribution in [0.5, 0.6) is 0 Å². The number of hydrogen-bond acceptors (Lipinski definition) is 3. The van der Waals surface area contributed by atoms with E-state index >= 15 is 0 Å². The largest absolute Gasteiger partial charge is 0.361 e. The molecule has 132 valence electrons. The molecule has 0 aliphatic carbocycles. The Kier molecular flexibility index (Phi) is 5.44. The zero-order valence-electron chi connectivity index (χ0n) is 13.1. The number of sulfone groups is 1. The Bertz CT molecular complexity index is 1180. The molecule has 0 fully saturated rings. The van der Waals surface area contributed by atoms with E-state index in [2.05, 4.69) is 20.9 Å². The lowest BCUT2D eigenvalue weighted by Gasteiger charge is -2.06. The van der Waals surface area contributed by atoms with Gasteiger partial charge in [0.25, 0.3) is 0 Å². The van der Waals surface area contributed by atoms with Crippen LogP contribution in [0.2, 0.25) is 10.0 Å². The lowest BCUT2D eigenvalue weighted by Crippen LogP contribution is -2.07. The van der Waals surface area contributed by atoms with E-state index < -0.39 is 9.84 Å². The number of aromatic amines is 1. The van der Waals surface area contributed by atoms with E-state index in [1.54, 1.807) is 24.4 Å². The first-order valence-electron chi connectivity index (χ1n) is 7.35. The van der Waals surface area contributed by atoms with Crippen LogP contribution in [0.4, 0.5) is 0 Å². The number of allylic oxidation sites excluding steroid dienone is 1. The number of nitrogens with zero attached hydrogens (tertiary/aromatic N) is 1. The Morgan fingerprint density at radius 3 is 2.69 bits per heavy atom. The van der Waals surface area contributed by atoms with Gasteiger partial charge in [0.15, 0.2) is 9.84 Å². The van der Waals surface area contributed by atoms with Crippen molar-refractivity contribution in [3.63, 3.8) is 0 Å². The molecule has 0 amide bonds. The van der Waals surface area contributed by atoms with Crippen LogP contribution in [-0.4, -0.2) is 13.4 Å². The van der Waals surface area contributed by atoms with Gasteiger partial charge < -0.3 is 4.98 Å². The number of fused-ring (bicyclic) bond motifs is 1. The third-order valence-electron chi connectivity index (χ3n) is 3.77. The van der Waals surface area contributed by atoms with E-state index in [0.717, 1.165) is 15.4 Å². The Labute approximate surface area is 169 Å². The smallest absolute Gasteiger partial charge is 0.192 e. The normalized spacial score (nSPS) is 12.3. The Morgan fingerprint density at radius 1 is 1.23 bits per heavy atom. The highest BCUT2D eigenvalue weighted by atomic mass is 79.9. The summed E-state index contributed by atoms with van der Waals surface area (Å²) in [5.74, 6) is -0.381. The van der Waals surface area contributed by atoms with Crippen molar-refractivity contribution < 1.29 is 8.42 Å². The molecule has 26 heavy (non-hydrogen) atoms. The second-order valence-corrected chi connectivity index (χ2v) is 9.27. The van der Waals surface area contributed by atoms with Gasteiger partial charge in [-0.3, -0.25) is 0 Å². The van der Waals surface area contributed by atoms with E-state index in [1.807, 2.05) is 18.2 Å². The molecule has 3 rings (SSSR count). The molecular weight excluding hydrogens is 459 g/mol. The molecule has 1 aromatic heterocycles. The van der Waals surface area contributed by atoms with Crippen molar-refractivity contribution in [2.45, 2.75) is 5.75 Å². The molecule has 0 atom stereocenters. The predicted molar refractivity (Wildman–Crippen MR) is 109 cm³/mol. The van der Waals surface area contributed by atoms with Crippen molar-refractivity contribution in [2.75, 3.05) is 0 Å². The number of halogens is 3. The third kappa shape index (κ3) is 3.97. The van der Waals surface area contributed by atoms with Crippen LogP contribution in [0.25, 0.3) is 17.0 Å². The van der Waals surface area contributed by atoms with Crippen molar-refractivity contribution >= 4 is 65.9 Å². The van der Waals surface area contributed by atoms with E-state index in [0.29, 0.717) is 16.1 Å². The number of benzene rings is 2. The number of H-pyrrole nitrogens is 1. The van der Waals surface area contributed by atoms with Gasteiger partial charge in [0.2, 0.25) is 0 Å². The first-order valence-corrected chi connectivity index (χ1v) is 10.6. The minimum absolute atomic E-state index is 0.245. The molecular formula is C18H11BrCl2N2O2S. The van der Waals surface area contributed by atoms with Gasteiger partial charge in [-0.1, -0.05) is 45.2 Å². The molecule has 0 saturated heterocycles. The van der Waals surface area contributed by atoms with Crippen LogP contribution in [0, 0.1) is 11.3 Å². The summed E-state index contributed by atoms with van der Waals surface area (Å²) in [7, 11) is -3.87. The molecule has 4 nitrogen and oxygen atoms in total. The molecule has 1 N–H and O–H groups in total. The number of rotatable bonds is 4. The number of aromatic nitrogens is 1. The van der Waals surface area contributed by atoms with Crippen LogP contribution in [0.3, 0.4) is 0 Å². The molecule has 2 aromatic carbocycles. The van der Waals surface area contributed by atoms with Gasteiger partial charge in [-0.2, -0.15) is 5.26 Å². The number of nitriles is 1. The minimum atomic E-state index is -3.87. The summed E-state index contributed by atoms with van der Waals surface area (Å²) in [6.45, 7) is 0. The molecule has 0 spiro atoms. The molecule has 0 aliphatic heterocycles. The highest BCUT2D eigenvalue weighted by Crippen LogP contribution is 2.28. The lowest BCUT2D eigenvalue weighted by atomic mass is 10.1. The molecule has 3 aromatic rings. The third-order valence-corrected chi connectivity index (χ3v) is 6.42. The summed E-state index contributed by atoms with van der Waals surface area (Å²) >= 11 is 15.3. The fourth-order valence-corrected chi connectivity index (χ4v) is 4.67. The zero-order chi connectivity index (χ0) is 18.9. The first kappa shape index (κ1) is 19.0. The Morgan fingerprint density at radius 2 is 2.00 bits per heavy atom. The highest BCUT2D eigenvalue weighted by molar-refractivity contribution is 9.10. The number of hydrogen-bond donors (Lipinski definition) is 1. The summed E-state index contributed by atoms with van der Waals surface area (Å²) in [5, 5.41) is 10.9. The maximum Gasteiger partial charge on any atom is 0.192 e. The molecule has 1 heterocycles. The second-order valence-electron chi connectivity index (χ2n) is 5.55. The lowest BCUT2D eigenvalue weighted by molar-refractivity contribution is 0.602. The topological polar surface area (TPSA) is 73.7 Å². The van der Waals surface area contributed by atoms with Gasteiger partial charge in [0.05, 0.1) is 5.75 Å². The summed E-state index contributed by atoms with van der Waals surface area (Å²) < 4.78 is 26.2. The van der Waals surface area contributed by atoms with E-state index in [1.165, 1.54) is 12.1 Å². The quantitative estimate of drug-likeness (QED) is 0.496. The van der Waals surface area contributed by atoms with Crippen LogP contribution in [-0.2, 0) is 15.6 Å². The Balaban J connectivity index is 2.02. The molecule has 0 bridgehead atoms. The van der Waals surface area contributed by atoms with Gasteiger partial charge in [-0.05, 0) is 42.0 Å². The van der Waals surface area contributed by atoms with Crippen LogP contribution >= 0.6 is 39.1 Å². The second kappa shape index (κ2) is 7.45. The minimum Gasteiger partial charge on any atom is -0.361 e. The molecule has 0 unspecified atom stereocenters.